The largest absolute Gasteiger partial charge is 0.368 e. The topological polar surface area (TPSA) is 46.6 Å². The molecule has 0 radical (unpaired) electrons. The smallest absolute Gasteiger partial charge is 0.256 e. The zero-order valence-electron chi connectivity index (χ0n) is 7.15. The van der Waals surface area contributed by atoms with E-state index in [1.54, 1.807) is 16.7 Å². The van der Waals surface area contributed by atoms with Crippen molar-refractivity contribution < 1.29 is 14.3 Å². The van der Waals surface area contributed by atoms with Crippen LogP contribution in [0.4, 0.5) is 0 Å². The van der Waals surface area contributed by atoms with Crippen molar-refractivity contribution in [2.75, 3.05) is 19.4 Å². The Kier molecular flexibility index (Phi) is 2.15. The van der Waals surface area contributed by atoms with Crippen LogP contribution < -0.4 is 0 Å². The minimum Gasteiger partial charge on any atom is -0.368 e. The molecule has 0 aromatic carbocycles. The molecular formula is C8H9NO3S. The van der Waals surface area contributed by atoms with Gasteiger partial charge in [0.2, 0.25) is 0 Å². The van der Waals surface area contributed by atoms with E-state index in [1.807, 2.05) is 5.94 Å². The predicted octanol–water partition coefficient (Wildman–Crippen LogP) is -0.325. The molecule has 0 spiro atoms. The first-order valence-corrected chi connectivity index (χ1v) is 5.00. The van der Waals surface area contributed by atoms with Gasteiger partial charge in [0, 0.05) is 18.4 Å². The highest BCUT2D eigenvalue weighted by Gasteiger charge is 2.50. The zero-order chi connectivity index (χ0) is 9.42. The molecule has 1 unspecified atom stereocenters. The van der Waals surface area contributed by atoms with E-state index in [2.05, 4.69) is 0 Å². The molecule has 5 heteroatoms. The summed E-state index contributed by atoms with van der Waals surface area (Å²) in [4.78, 5) is 23.3. The van der Waals surface area contributed by atoms with Gasteiger partial charge in [-0.05, 0) is 0 Å². The minimum atomic E-state index is -0.307. The van der Waals surface area contributed by atoms with Crippen molar-refractivity contribution in [1.82, 2.24) is 4.90 Å². The van der Waals surface area contributed by atoms with E-state index in [-0.39, 0.29) is 17.4 Å². The lowest BCUT2D eigenvalue weighted by Crippen LogP contribution is -2.65. The van der Waals surface area contributed by atoms with Gasteiger partial charge in [0.05, 0.1) is 6.54 Å². The number of β-lactam (4-membered cyclic amide) rings is 1. The van der Waals surface area contributed by atoms with E-state index in [0.29, 0.717) is 17.9 Å². The van der Waals surface area contributed by atoms with Crippen LogP contribution in [0.1, 0.15) is 0 Å². The standard InChI is InChI=1S/C8H9NO3S/c1-12-6-7(11)9-2-5(3-10)4-13-8(6)9/h6,8H,2,4H2,1H3/t6?,8-/m0/s1. The maximum atomic E-state index is 11.3. The summed E-state index contributed by atoms with van der Waals surface area (Å²) in [7, 11) is 1.53. The van der Waals surface area contributed by atoms with Gasteiger partial charge in [-0.1, -0.05) is 0 Å². The van der Waals surface area contributed by atoms with Gasteiger partial charge in [0.15, 0.2) is 6.10 Å². The molecule has 0 aromatic heterocycles. The SMILES string of the molecule is COC1C(=O)N2CC(=C=O)CS[C@@H]12. The molecule has 13 heavy (non-hydrogen) atoms. The highest BCUT2D eigenvalue weighted by Crippen LogP contribution is 2.36. The highest BCUT2D eigenvalue weighted by molar-refractivity contribution is 8.00. The average molecular weight is 199 g/mol. The Morgan fingerprint density at radius 2 is 2.46 bits per heavy atom. The van der Waals surface area contributed by atoms with Gasteiger partial charge >= 0.3 is 0 Å². The number of methoxy groups -OCH3 is 1. The molecule has 2 heterocycles. The van der Waals surface area contributed by atoms with Gasteiger partial charge in [-0.2, -0.15) is 0 Å². The summed E-state index contributed by atoms with van der Waals surface area (Å²) in [6, 6.07) is 0. The van der Waals surface area contributed by atoms with E-state index in [9.17, 15) is 9.59 Å². The number of fused-ring (bicyclic) bond motifs is 1. The van der Waals surface area contributed by atoms with Gasteiger partial charge in [-0.3, -0.25) is 4.79 Å². The quantitative estimate of drug-likeness (QED) is 0.429. The summed E-state index contributed by atoms with van der Waals surface area (Å²) < 4.78 is 5.02. The molecule has 0 aromatic rings. The van der Waals surface area contributed by atoms with Crippen molar-refractivity contribution in [3.8, 4) is 0 Å². The number of nitrogens with zero attached hydrogens (tertiary/aromatic N) is 1. The number of carbonyl (C=O) groups is 1. The van der Waals surface area contributed by atoms with E-state index in [0.717, 1.165) is 0 Å². The van der Waals surface area contributed by atoms with Crippen LogP contribution in [-0.4, -0.2) is 47.6 Å². The van der Waals surface area contributed by atoms with Gasteiger partial charge in [0.1, 0.15) is 11.3 Å². The normalized spacial score (nSPS) is 32.2. The summed E-state index contributed by atoms with van der Waals surface area (Å²) in [6.45, 7) is 0.430. The Morgan fingerprint density at radius 1 is 1.69 bits per heavy atom. The first kappa shape index (κ1) is 8.81. The molecule has 2 saturated heterocycles. The molecule has 70 valence electrons. The summed E-state index contributed by atoms with van der Waals surface area (Å²) >= 11 is 1.56. The second-order valence-electron chi connectivity index (χ2n) is 3.03. The van der Waals surface area contributed by atoms with Gasteiger partial charge < -0.3 is 9.64 Å². The van der Waals surface area contributed by atoms with Crippen LogP contribution in [0.15, 0.2) is 5.57 Å². The first-order valence-electron chi connectivity index (χ1n) is 3.95. The number of amides is 1. The second-order valence-corrected chi connectivity index (χ2v) is 4.13. The third-order valence-electron chi connectivity index (χ3n) is 2.28. The van der Waals surface area contributed by atoms with E-state index < -0.39 is 0 Å². The molecule has 0 N–H and O–H groups in total. The molecule has 0 bridgehead atoms. The van der Waals surface area contributed by atoms with Crippen LogP contribution in [-0.2, 0) is 14.3 Å². The van der Waals surface area contributed by atoms with Crippen LogP contribution in [0.5, 0.6) is 0 Å². The summed E-state index contributed by atoms with van der Waals surface area (Å²) in [5.74, 6) is 2.50. The van der Waals surface area contributed by atoms with Crippen LogP contribution in [0, 0.1) is 0 Å². The number of thioether (sulfide) groups is 1. The molecule has 2 fully saturated rings. The lowest BCUT2D eigenvalue weighted by Gasteiger charge is -2.48. The fraction of sp³-hybridized carbons (Fsp3) is 0.625. The Hall–Kier alpha value is -0.770. The maximum Gasteiger partial charge on any atom is 0.256 e. The van der Waals surface area contributed by atoms with Crippen molar-refractivity contribution >= 4 is 23.6 Å². The number of hydrogen-bond donors (Lipinski definition) is 0. The van der Waals surface area contributed by atoms with Gasteiger partial charge in [0.25, 0.3) is 5.91 Å². The summed E-state index contributed by atoms with van der Waals surface area (Å²) in [5, 5.41) is 0.106. The summed E-state index contributed by atoms with van der Waals surface area (Å²) in [6.07, 6.45) is -0.307. The number of carbonyl (C=O) groups excluding carboxylic acids is 2. The van der Waals surface area contributed by atoms with Crippen LogP contribution >= 0.6 is 11.8 Å². The molecule has 2 atom stereocenters. The minimum absolute atomic E-state index is 0.0209. The Bertz CT molecular complexity index is 298. The van der Waals surface area contributed by atoms with E-state index in [1.165, 1.54) is 7.11 Å². The van der Waals surface area contributed by atoms with Crippen molar-refractivity contribution in [2.24, 2.45) is 0 Å². The van der Waals surface area contributed by atoms with E-state index >= 15 is 0 Å². The maximum absolute atomic E-state index is 11.3. The predicted molar refractivity (Wildman–Crippen MR) is 48.0 cm³/mol. The van der Waals surface area contributed by atoms with Crippen molar-refractivity contribution in [3.05, 3.63) is 5.57 Å². The average Bonchev–Trinajstić information content (AvgIpc) is 2.18. The number of hydrogen-bond acceptors (Lipinski definition) is 4. The molecule has 1 amide bonds. The third-order valence-corrected chi connectivity index (χ3v) is 3.64. The molecule has 4 nitrogen and oxygen atoms in total. The molecule has 0 aliphatic carbocycles. The molecule has 2 aliphatic rings. The monoisotopic (exact) mass is 199 g/mol. The van der Waals surface area contributed by atoms with Crippen LogP contribution in [0.3, 0.4) is 0 Å². The highest BCUT2D eigenvalue weighted by atomic mass is 32.2. The number of ether oxygens (including phenoxy) is 1. The summed E-state index contributed by atoms with van der Waals surface area (Å²) in [5.41, 5.74) is 0.657. The first-order chi connectivity index (χ1) is 6.27. The van der Waals surface area contributed by atoms with Gasteiger partial charge in [-0.15, -0.1) is 11.8 Å². The molecule has 2 rings (SSSR count). The lowest BCUT2D eigenvalue weighted by atomic mass is 10.1. The fourth-order valence-electron chi connectivity index (χ4n) is 1.55. The Labute approximate surface area is 79.9 Å². The van der Waals surface area contributed by atoms with Crippen molar-refractivity contribution in [2.45, 2.75) is 11.5 Å². The molecule has 2 aliphatic heterocycles. The lowest BCUT2D eigenvalue weighted by molar-refractivity contribution is -0.161. The van der Waals surface area contributed by atoms with Crippen molar-refractivity contribution in [1.29, 1.82) is 0 Å². The fourth-order valence-corrected chi connectivity index (χ4v) is 2.84. The third kappa shape index (κ3) is 1.20. The zero-order valence-corrected chi connectivity index (χ0v) is 7.97. The van der Waals surface area contributed by atoms with E-state index in [4.69, 9.17) is 4.74 Å². The van der Waals surface area contributed by atoms with Crippen molar-refractivity contribution in [3.63, 3.8) is 0 Å². The molecule has 0 saturated carbocycles. The second kappa shape index (κ2) is 3.18. The van der Waals surface area contributed by atoms with Crippen LogP contribution in [0.25, 0.3) is 0 Å². The Balaban J connectivity index is 2.09. The van der Waals surface area contributed by atoms with Crippen LogP contribution in [0.2, 0.25) is 0 Å². The molecular weight excluding hydrogens is 190 g/mol. The Morgan fingerprint density at radius 3 is 3.08 bits per heavy atom. The van der Waals surface area contributed by atoms with Gasteiger partial charge in [-0.25, -0.2) is 4.79 Å². The number of rotatable bonds is 1.